The quantitative estimate of drug-likeness (QED) is 0.789. The fraction of sp³-hybridized carbons (Fsp3) is 0.600. The predicted octanol–water partition coefficient (Wildman–Crippen LogP) is 0.775. The summed E-state index contributed by atoms with van der Waals surface area (Å²) < 4.78 is 26.7. The van der Waals surface area contributed by atoms with Gasteiger partial charge in [-0.25, -0.2) is 8.42 Å². The molecule has 6 heteroatoms. The largest absolute Gasteiger partial charge is 0.320 e. The minimum absolute atomic E-state index is 0.407. The Labute approximate surface area is 128 Å². The molecule has 1 fully saturated rings. The Morgan fingerprint density at radius 3 is 2.29 bits per heavy atom. The van der Waals surface area contributed by atoms with Gasteiger partial charge in [-0.05, 0) is 51.2 Å². The van der Waals surface area contributed by atoms with Crippen molar-refractivity contribution in [2.24, 2.45) is 0 Å². The van der Waals surface area contributed by atoms with E-state index in [9.17, 15) is 8.42 Å². The van der Waals surface area contributed by atoms with Crippen LogP contribution in [0.3, 0.4) is 0 Å². The van der Waals surface area contributed by atoms with Crippen LogP contribution in [0.5, 0.6) is 0 Å². The number of piperazine rings is 1. The average molecular weight is 311 g/mol. The molecule has 1 N–H and O–H groups in total. The van der Waals surface area contributed by atoms with E-state index in [-0.39, 0.29) is 0 Å². The van der Waals surface area contributed by atoms with E-state index in [4.69, 9.17) is 0 Å². The normalized spacial score (nSPS) is 18.0. The van der Waals surface area contributed by atoms with E-state index >= 15 is 0 Å². The van der Waals surface area contributed by atoms with Gasteiger partial charge < -0.3 is 10.2 Å². The molecule has 1 aromatic carbocycles. The average Bonchev–Trinajstić information content (AvgIpc) is 2.48. The third-order valence-corrected chi connectivity index (χ3v) is 5.83. The number of benzene rings is 1. The zero-order valence-electron chi connectivity index (χ0n) is 12.9. The summed E-state index contributed by atoms with van der Waals surface area (Å²) in [5.74, 6) is 0. The number of likely N-dealkylation sites (N-methyl/N-ethyl adjacent to an activating group) is 1. The molecule has 0 aliphatic carbocycles. The SMILES string of the molecule is CNCCCc1ccc(S(=O)(=O)N2CCN(C)CC2)cc1. The summed E-state index contributed by atoms with van der Waals surface area (Å²) in [7, 11) is 0.621. The van der Waals surface area contributed by atoms with E-state index in [0.29, 0.717) is 18.0 Å². The van der Waals surface area contributed by atoms with E-state index in [1.807, 2.05) is 26.2 Å². The number of rotatable bonds is 6. The molecule has 1 aromatic rings. The lowest BCUT2D eigenvalue weighted by molar-refractivity contribution is 0.222. The van der Waals surface area contributed by atoms with Gasteiger partial charge in [0.15, 0.2) is 0 Å². The first-order valence-corrected chi connectivity index (χ1v) is 8.90. The number of hydrogen-bond acceptors (Lipinski definition) is 4. The van der Waals surface area contributed by atoms with Gasteiger partial charge in [-0.1, -0.05) is 12.1 Å². The van der Waals surface area contributed by atoms with Gasteiger partial charge in [0.1, 0.15) is 0 Å². The van der Waals surface area contributed by atoms with Crippen molar-refractivity contribution in [1.82, 2.24) is 14.5 Å². The van der Waals surface area contributed by atoms with Gasteiger partial charge in [-0.15, -0.1) is 0 Å². The van der Waals surface area contributed by atoms with Gasteiger partial charge in [-0.3, -0.25) is 0 Å². The van der Waals surface area contributed by atoms with Crippen LogP contribution in [-0.2, 0) is 16.4 Å². The Hall–Kier alpha value is -0.950. The highest BCUT2D eigenvalue weighted by atomic mass is 32.2. The summed E-state index contributed by atoms with van der Waals surface area (Å²) in [5, 5.41) is 3.11. The molecule has 0 radical (unpaired) electrons. The molecule has 0 bridgehead atoms. The Morgan fingerprint density at radius 2 is 1.71 bits per heavy atom. The molecule has 0 atom stereocenters. The van der Waals surface area contributed by atoms with Crippen molar-refractivity contribution in [3.05, 3.63) is 29.8 Å². The Morgan fingerprint density at radius 1 is 1.10 bits per heavy atom. The second-order valence-corrected chi connectivity index (χ2v) is 7.50. The van der Waals surface area contributed by atoms with Gasteiger partial charge in [0.05, 0.1) is 4.90 Å². The molecule has 1 aliphatic heterocycles. The van der Waals surface area contributed by atoms with Gasteiger partial charge in [0.25, 0.3) is 0 Å². The van der Waals surface area contributed by atoms with Crippen molar-refractivity contribution in [3.63, 3.8) is 0 Å². The van der Waals surface area contributed by atoms with Crippen LogP contribution in [0.25, 0.3) is 0 Å². The van der Waals surface area contributed by atoms with Crippen LogP contribution in [0, 0.1) is 0 Å². The summed E-state index contributed by atoms with van der Waals surface area (Å²) in [5.41, 5.74) is 1.18. The molecule has 2 rings (SSSR count). The minimum Gasteiger partial charge on any atom is -0.320 e. The van der Waals surface area contributed by atoms with Crippen molar-refractivity contribution in [1.29, 1.82) is 0 Å². The van der Waals surface area contributed by atoms with Crippen molar-refractivity contribution >= 4 is 10.0 Å². The topological polar surface area (TPSA) is 52.7 Å². The Balaban J connectivity index is 2.03. The molecule has 0 spiro atoms. The first-order valence-electron chi connectivity index (χ1n) is 7.46. The molecule has 0 amide bonds. The zero-order valence-corrected chi connectivity index (χ0v) is 13.7. The predicted molar refractivity (Wildman–Crippen MR) is 84.9 cm³/mol. The molecule has 1 heterocycles. The fourth-order valence-electron chi connectivity index (χ4n) is 2.47. The van der Waals surface area contributed by atoms with E-state index in [1.165, 1.54) is 5.56 Å². The summed E-state index contributed by atoms with van der Waals surface area (Å²) in [6, 6.07) is 7.34. The highest BCUT2D eigenvalue weighted by Gasteiger charge is 2.27. The van der Waals surface area contributed by atoms with E-state index in [1.54, 1.807) is 16.4 Å². The minimum atomic E-state index is -3.33. The lowest BCUT2D eigenvalue weighted by atomic mass is 10.1. The molecule has 0 saturated carbocycles. The number of nitrogens with one attached hydrogen (secondary N) is 1. The maximum Gasteiger partial charge on any atom is 0.243 e. The van der Waals surface area contributed by atoms with Crippen LogP contribution in [0.1, 0.15) is 12.0 Å². The van der Waals surface area contributed by atoms with E-state index in [2.05, 4.69) is 10.2 Å². The summed E-state index contributed by atoms with van der Waals surface area (Å²) >= 11 is 0. The van der Waals surface area contributed by atoms with E-state index < -0.39 is 10.0 Å². The molecule has 1 aliphatic rings. The van der Waals surface area contributed by atoms with Crippen LogP contribution in [0.15, 0.2) is 29.2 Å². The summed E-state index contributed by atoms with van der Waals surface area (Å²) in [6.45, 7) is 3.70. The van der Waals surface area contributed by atoms with Crippen LogP contribution < -0.4 is 5.32 Å². The Bertz CT molecular complexity index is 535. The summed E-state index contributed by atoms with van der Waals surface area (Å²) in [6.07, 6.45) is 2.02. The maximum atomic E-state index is 12.6. The highest BCUT2D eigenvalue weighted by Crippen LogP contribution is 2.18. The first-order chi connectivity index (χ1) is 10.0. The fourth-order valence-corrected chi connectivity index (χ4v) is 3.90. The maximum absolute atomic E-state index is 12.6. The molecule has 118 valence electrons. The van der Waals surface area contributed by atoms with E-state index in [0.717, 1.165) is 32.5 Å². The van der Waals surface area contributed by atoms with Crippen LogP contribution in [0.2, 0.25) is 0 Å². The third-order valence-electron chi connectivity index (χ3n) is 3.92. The van der Waals surface area contributed by atoms with Crippen molar-refractivity contribution in [3.8, 4) is 0 Å². The molecule has 0 aromatic heterocycles. The van der Waals surface area contributed by atoms with Crippen molar-refractivity contribution in [2.45, 2.75) is 17.7 Å². The lowest BCUT2D eigenvalue weighted by Crippen LogP contribution is -2.46. The van der Waals surface area contributed by atoms with Gasteiger partial charge in [0.2, 0.25) is 10.0 Å². The van der Waals surface area contributed by atoms with Crippen molar-refractivity contribution in [2.75, 3.05) is 46.8 Å². The Kier molecular flexibility index (Phi) is 5.75. The number of nitrogens with zero attached hydrogens (tertiary/aromatic N) is 2. The lowest BCUT2D eigenvalue weighted by Gasteiger charge is -2.31. The number of aryl methyl sites for hydroxylation is 1. The molecular formula is C15H25N3O2S. The monoisotopic (exact) mass is 311 g/mol. The second-order valence-electron chi connectivity index (χ2n) is 5.56. The standard InChI is InChI=1S/C15H25N3O2S/c1-16-9-3-4-14-5-7-15(8-6-14)21(19,20)18-12-10-17(2)11-13-18/h5-8,16H,3-4,9-13H2,1-2H3. The highest BCUT2D eigenvalue weighted by molar-refractivity contribution is 7.89. The number of hydrogen-bond donors (Lipinski definition) is 1. The second kappa shape index (κ2) is 7.35. The molecule has 21 heavy (non-hydrogen) atoms. The zero-order chi connectivity index (χ0) is 15.3. The van der Waals surface area contributed by atoms with Crippen LogP contribution >= 0.6 is 0 Å². The number of sulfonamides is 1. The van der Waals surface area contributed by atoms with Crippen LogP contribution in [-0.4, -0.2) is 64.4 Å². The molecular weight excluding hydrogens is 286 g/mol. The first kappa shape index (κ1) is 16.4. The molecule has 5 nitrogen and oxygen atoms in total. The molecule has 0 unspecified atom stereocenters. The van der Waals surface area contributed by atoms with Crippen LogP contribution in [0.4, 0.5) is 0 Å². The van der Waals surface area contributed by atoms with Crippen molar-refractivity contribution < 1.29 is 8.42 Å². The van der Waals surface area contributed by atoms with Gasteiger partial charge in [-0.2, -0.15) is 4.31 Å². The molecule has 1 saturated heterocycles. The van der Waals surface area contributed by atoms with Gasteiger partial charge in [0, 0.05) is 26.2 Å². The smallest absolute Gasteiger partial charge is 0.243 e. The van der Waals surface area contributed by atoms with Gasteiger partial charge >= 0.3 is 0 Å². The third kappa shape index (κ3) is 4.26. The summed E-state index contributed by atoms with van der Waals surface area (Å²) in [4.78, 5) is 2.56.